The fourth-order valence-electron chi connectivity index (χ4n) is 9.40. The Morgan fingerprint density at radius 3 is 2.51 bits per heavy atom. The number of ether oxygens (including phenoxy) is 1. The van der Waals surface area contributed by atoms with Gasteiger partial charge in [0.25, 0.3) is 0 Å². The predicted molar refractivity (Wildman–Crippen MR) is 148 cm³/mol. The van der Waals surface area contributed by atoms with Crippen LogP contribution in [0.5, 0.6) is 0 Å². The van der Waals surface area contributed by atoms with Crippen molar-refractivity contribution in [2.45, 2.75) is 130 Å². The number of carbonyl (C=O) groups is 2. The second-order valence-electron chi connectivity index (χ2n) is 14.1. The predicted octanol–water partition coefficient (Wildman–Crippen LogP) is 7.13. The second kappa shape index (κ2) is 11.4. The Hall–Kier alpha value is -1.36. The van der Waals surface area contributed by atoms with Gasteiger partial charge in [-0.15, -0.1) is 0 Å². The largest absolute Gasteiger partial charge is 0.481 e. The lowest BCUT2D eigenvalue weighted by Gasteiger charge is -2.58. The average Bonchev–Trinajstić information content (AvgIpc) is 3.19. The van der Waals surface area contributed by atoms with E-state index in [-0.39, 0.29) is 24.4 Å². The molecule has 9 atom stereocenters. The first kappa shape index (κ1) is 28.6. The zero-order chi connectivity index (χ0) is 27.0. The van der Waals surface area contributed by atoms with Crippen LogP contribution < -0.4 is 5.73 Å². The highest BCUT2D eigenvalue weighted by Crippen LogP contribution is 2.67. The van der Waals surface area contributed by atoms with Gasteiger partial charge in [0.05, 0.1) is 0 Å². The molecule has 0 aromatic heterocycles. The summed E-state index contributed by atoms with van der Waals surface area (Å²) < 4.78 is 5.79. The molecule has 4 rings (SSSR count). The van der Waals surface area contributed by atoms with Gasteiger partial charge < -0.3 is 15.6 Å². The number of nitrogens with two attached hydrogens (primary N) is 1. The minimum atomic E-state index is -0.934. The summed E-state index contributed by atoms with van der Waals surface area (Å²) in [6, 6.07) is -0.853. The van der Waals surface area contributed by atoms with Crippen molar-refractivity contribution in [3.8, 4) is 0 Å². The third kappa shape index (κ3) is 5.82. The zero-order valence-corrected chi connectivity index (χ0v) is 24.1. The van der Waals surface area contributed by atoms with Crippen LogP contribution in [0.15, 0.2) is 11.6 Å². The summed E-state index contributed by atoms with van der Waals surface area (Å²) >= 11 is 0. The van der Waals surface area contributed by atoms with Crippen LogP contribution in [0.4, 0.5) is 0 Å². The molecule has 4 aliphatic carbocycles. The Labute approximate surface area is 225 Å². The molecule has 0 saturated heterocycles. The lowest BCUT2D eigenvalue weighted by atomic mass is 9.47. The molecule has 3 saturated carbocycles. The molecule has 3 fully saturated rings. The molecule has 0 amide bonds. The zero-order valence-electron chi connectivity index (χ0n) is 24.1. The minimum Gasteiger partial charge on any atom is -0.481 e. The smallest absolute Gasteiger partial charge is 0.323 e. The number of aliphatic carboxylic acids is 1. The molecular formula is C32H53NO4. The lowest BCUT2D eigenvalue weighted by Crippen LogP contribution is -2.51. The third-order valence-corrected chi connectivity index (χ3v) is 11.5. The first-order valence-corrected chi connectivity index (χ1v) is 15.3. The van der Waals surface area contributed by atoms with Crippen molar-refractivity contribution in [3.05, 3.63) is 11.6 Å². The molecule has 0 unspecified atom stereocenters. The molecule has 37 heavy (non-hydrogen) atoms. The number of fused-ring (bicyclic) bond motifs is 5. The first-order valence-electron chi connectivity index (χ1n) is 15.3. The molecule has 0 heterocycles. The highest BCUT2D eigenvalue weighted by Gasteiger charge is 2.59. The van der Waals surface area contributed by atoms with Gasteiger partial charge in [-0.25, -0.2) is 0 Å². The fraction of sp³-hybridized carbons (Fsp3) is 0.875. The van der Waals surface area contributed by atoms with E-state index < -0.39 is 18.0 Å². The number of carbonyl (C=O) groups excluding carboxylic acids is 1. The molecule has 5 nitrogen and oxygen atoms in total. The summed E-state index contributed by atoms with van der Waals surface area (Å²) in [7, 11) is 0. The molecule has 0 spiro atoms. The molecular weight excluding hydrogens is 462 g/mol. The van der Waals surface area contributed by atoms with E-state index in [0.29, 0.717) is 5.41 Å². The van der Waals surface area contributed by atoms with Crippen LogP contribution in [0.1, 0.15) is 118 Å². The third-order valence-electron chi connectivity index (χ3n) is 11.5. The fourth-order valence-corrected chi connectivity index (χ4v) is 9.40. The molecule has 4 aliphatic rings. The number of allylic oxidation sites excluding steroid dienone is 1. The maximum Gasteiger partial charge on any atom is 0.323 e. The Balaban J connectivity index is 1.39. The number of hydrogen-bond donors (Lipinski definition) is 2. The summed E-state index contributed by atoms with van der Waals surface area (Å²) in [5, 5.41) is 8.87. The van der Waals surface area contributed by atoms with E-state index in [9.17, 15) is 9.59 Å². The van der Waals surface area contributed by atoms with E-state index in [1.54, 1.807) is 0 Å². The second-order valence-corrected chi connectivity index (χ2v) is 14.1. The SMILES string of the molecule is CC(C)CCC[C@@H](C)[C@H]1CC[C@H]2[C@@H]3CC=C4C[C@@H](OC(=O)[C@@H](N)CCC(=O)O)CC[C@]4(C)[C@H]3CC[C@]12C. The maximum atomic E-state index is 12.5. The standard InChI is InChI=1S/C32H53NO4/c1-20(2)7-6-8-21(3)25-11-12-26-24-10-9-22-19-23(37-30(36)28(33)13-14-29(34)35)15-17-31(22,4)27(24)16-18-32(25,26)5/h9,20-21,23-28H,6-8,10-19,33H2,1-5H3,(H,34,35)/t21-,23+,24+,25-,26+,27+,28+,31+,32-/m1/s1. The van der Waals surface area contributed by atoms with Gasteiger partial charge >= 0.3 is 11.9 Å². The van der Waals surface area contributed by atoms with Crippen molar-refractivity contribution in [1.29, 1.82) is 0 Å². The number of carboxylic acids is 1. The van der Waals surface area contributed by atoms with Crippen LogP contribution in [0, 0.1) is 46.3 Å². The maximum absolute atomic E-state index is 12.5. The minimum absolute atomic E-state index is 0.106. The van der Waals surface area contributed by atoms with E-state index in [0.717, 1.165) is 54.8 Å². The summed E-state index contributed by atoms with van der Waals surface area (Å²) in [5.74, 6) is 3.53. The van der Waals surface area contributed by atoms with Crippen LogP contribution in [0.2, 0.25) is 0 Å². The first-order chi connectivity index (χ1) is 17.5. The monoisotopic (exact) mass is 515 g/mol. The summed E-state index contributed by atoms with van der Waals surface area (Å²) in [6.07, 6.45) is 16.0. The van der Waals surface area contributed by atoms with E-state index in [1.807, 2.05) is 0 Å². The molecule has 0 radical (unpaired) electrons. The molecule has 0 bridgehead atoms. The summed E-state index contributed by atoms with van der Waals surface area (Å²) in [5.41, 5.74) is 8.13. The molecule has 0 aliphatic heterocycles. The highest BCUT2D eigenvalue weighted by molar-refractivity contribution is 5.76. The molecule has 210 valence electrons. The highest BCUT2D eigenvalue weighted by atomic mass is 16.5. The van der Waals surface area contributed by atoms with Crippen LogP contribution in [-0.4, -0.2) is 29.2 Å². The van der Waals surface area contributed by atoms with Gasteiger partial charge in [0, 0.05) is 12.8 Å². The van der Waals surface area contributed by atoms with E-state index in [1.165, 1.54) is 56.9 Å². The molecule has 5 heteroatoms. The Bertz CT molecular complexity index is 867. The van der Waals surface area contributed by atoms with Gasteiger partial charge in [0.2, 0.25) is 0 Å². The van der Waals surface area contributed by atoms with Crippen molar-refractivity contribution < 1.29 is 19.4 Å². The van der Waals surface area contributed by atoms with Crippen LogP contribution in [0.3, 0.4) is 0 Å². The number of carboxylic acid groups (broad SMARTS) is 1. The van der Waals surface area contributed by atoms with Gasteiger partial charge in [-0.1, -0.05) is 65.5 Å². The van der Waals surface area contributed by atoms with Gasteiger partial charge in [-0.2, -0.15) is 0 Å². The normalized spacial score (nSPS) is 38.7. The Morgan fingerprint density at radius 1 is 1.05 bits per heavy atom. The van der Waals surface area contributed by atoms with Crippen molar-refractivity contribution in [2.75, 3.05) is 0 Å². The van der Waals surface area contributed by atoms with Gasteiger partial charge in [-0.3, -0.25) is 9.59 Å². The summed E-state index contributed by atoms with van der Waals surface area (Å²) in [6.45, 7) is 12.4. The molecule has 3 N–H and O–H groups in total. The van der Waals surface area contributed by atoms with Crippen LogP contribution in [0.25, 0.3) is 0 Å². The van der Waals surface area contributed by atoms with Crippen molar-refractivity contribution in [2.24, 2.45) is 52.1 Å². The van der Waals surface area contributed by atoms with Crippen LogP contribution >= 0.6 is 0 Å². The summed E-state index contributed by atoms with van der Waals surface area (Å²) in [4.78, 5) is 23.3. The number of hydrogen-bond acceptors (Lipinski definition) is 4. The van der Waals surface area contributed by atoms with E-state index in [2.05, 4.69) is 40.7 Å². The Morgan fingerprint density at radius 2 is 1.81 bits per heavy atom. The lowest BCUT2D eigenvalue weighted by molar-refractivity contribution is -0.153. The van der Waals surface area contributed by atoms with Gasteiger partial charge in [-0.05, 0) is 97.7 Å². The van der Waals surface area contributed by atoms with E-state index in [4.69, 9.17) is 15.6 Å². The van der Waals surface area contributed by atoms with Gasteiger partial charge in [0.1, 0.15) is 12.1 Å². The van der Waals surface area contributed by atoms with Gasteiger partial charge in [0.15, 0.2) is 0 Å². The topological polar surface area (TPSA) is 89.6 Å². The van der Waals surface area contributed by atoms with Crippen molar-refractivity contribution >= 4 is 11.9 Å². The molecule has 0 aromatic rings. The van der Waals surface area contributed by atoms with Crippen LogP contribution in [-0.2, 0) is 14.3 Å². The van der Waals surface area contributed by atoms with Crippen molar-refractivity contribution in [3.63, 3.8) is 0 Å². The molecule has 0 aromatic carbocycles. The van der Waals surface area contributed by atoms with E-state index >= 15 is 0 Å². The van der Waals surface area contributed by atoms with Crippen molar-refractivity contribution in [1.82, 2.24) is 0 Å². The average molecular weight is 516 g/mol. The number of rotatable bonds is 10. The number of esters is 1. The quantitative estimate of drug-likeness (QED) is 0.238. The Kier molecular flexibility index (Phi) is 8.83.